The van der Waals surface area contributed by atoms with Gasteiger partial charge in [0.05, 0.1) is 5.75 Å². The molecule has 1 aromatic carbocycles. The minimum atomic E-state index is -0.283. The first-order chi connectivity index (χ1) is 11.1. The number of halogens is 1. The maximum atomic E-state index is 12.9. The number of amides is 1. The van der Waals surface area contributed by atoms with Crippen LogP contribution in [0.2, 0.25) is 0 Å². The van der Waals surface area contributed by atoms with Gasteiger partial charge < -0.3 is 10.2 Å². The van der Waals surface area contributed by atoms with Gasteiger partial charge in [0.2, 0.25) is 11.0 Å². The molecule has 5 nitrogen and oxygen atoms in total. The second-order valence-electron chi connectivity index (χ2n) is 4.96. The van der Waals surface area contributed by atoms with Crippen molar-refractivity contribution in [3.63, 3.8) is 0 Å². The lowest BCUT2D eigenvalue weighted by molar-refractivity contribution is -0.127. The van der Waals surface area contributed by atoms with E-state index in [-0.39, 0.29) is 11.7 Å². The predicted octanol–water partition coefficient (Wildman–Crippen LogP) is 3.77. The van der Waals surface area contributed by atoms with E-state index in [1.165, 1.54) is 35.2 Å². The van der Waals surface area contributed by atoms with Gasteiger partial charge in [-0.15, -0.1) is 10.2 Å². The van der Waals surface area contributed by atoms with Crippen LogP contribution in [0.5, 0.6) is 0 Å². The first kappa shape index (κ1) is 17.7. The first-order valence-corrected chi connectivity index (χ1v) is 9.11. The highest BCUT2D eigenvalue weighted by Crippen LogP contribution is 2.27. The van der Waals surface area contributed by atoms with E-state index in [0.29, 0.717) is 10.9 Å². The fourth-order valence-electron chi connectivity index (χ4n) is 1.73. The molecular weight excluding hydrogens is 335 g/mol. The summed E-state index contributed by atoms with van der Waals surface area (Å²) in [6.45, 7) is 2.88. The highest BCUT2D eigenvalue weighted by Gasteiger charge is 2.11. The van der Waals surface area contributed by atoms with Crippen LogP contribution in [-0.4, -0.2) is 40.3 Å². The van der Waals surface area contributed by atoms with E-state index in [2.05, 4.69) is 22.4 Å². The number of unbranched alkanes of at least 4 members (excludes halogenated alkanes) is 1. The lowest BCUT2D eigenvalue weighted by Crippen LogP contribution is -2.29. The van der Waals surface area contributed by atoms with Crippen molar-refractivity contribution < 1.29 is 9.18 Å². The number of rotatable bonds is 8. The molecule has 1 heterocycles. The van der Waals surface area contributed by atoms with Crippen LogP contribution in [0.3, 0.4) is 0 Å². The maximum Gasteiger partial charge on any atom is 0.232 e. The zero-order valence-electron chi connectivity index (χ0n) is 13.1. The first-order valence-electron chi connectivity index (χ1n) is 7.31. The van der Waals surface area contributed by atoms with Crippen LogP contribution >= 0.6 is 23.1 Å². The van der Waals surface area contributed by atoms with Crippen molar-refractivity contribution in [2.75, 3.05) is 24.7 Å². The van der Waals surface area contributed by atoms with Crippen molar-refractivity contribution in [2.24, 2.45) is 0 Å². The summed E-state index contributed by atoms with van der Waals surface area (Å²) in [4.78, 5) is 13.7. The Hall–Kier alpha value is -1.67. The van der Waals surface area contributed by atoms with Crippen LogP contribution in [0.25, 0.3) is 0 Å². The van der Waals surface area contributed by atoms with Gasteiger partial charge in [-0.25, -0.2) is 4.39 Å². The van der Waals surface area contributed by atoms with E-state index in [4.69, 9.17) is 0 Å². The largest absolute Gasteiger partial charge is 0.345 e. The van der Waals surface area contributed by atoms with Crippen molar-refractivity contribution >= 4 is 39.8 Å². The predicted molar refractivity (Wildman–Crippen MR) is 92.9 cm³/mol. The number of benzene rings is 1. The van der Waals surface area contributed by atoms with Gasteiger partial charge >= 0.3 is 0 Å². The van der Waals surface area contributed by atoms with Gasteiger partial charge in [-0.05, 0) is 30.7 Å². The molecule has 1 aromatic heterocycles. The number of hydrogen-bond donors (Lipinski definition) is 1. The molecule has 2 aromatic rings. The van der Waals surface area contributed by atoms with Crippen molar-refractivity contribution in [3.05, 3.63) is 30.1 Å². The van der Waals surface area contributed by atoms with Gasteiger partial charge in [-0.1, -0.05) is 36.4 Å². The topological polar surface area (TPSA) is 58.1 Å². The van der Waals surface area contributed by atoms with E-state index in [1.807, 2.05) is 7.05 Å². The highest BCUT2D eigenvalue weighted by molar-refractivity contribution is 8.01. The van der Waals surface area contributed by atoms with Crippen LogP contribution < -0.4 is 5.32 Å². The van der Waals surface area contributed by atoms with Crippen LogP contribution in [0.4, 0.5) is 15.2 Å². The summed E-state index contributed by atoms with van der Waals surface area (Å²) in [6.07, 6.45) is 2.08. The van der Waals surface area contributed by atoms with Crippen LogP contribution in [0, 0.1) is 5.82 Å². The Morgan fingerprint density at radius 3 is 2.78 bits per heavy atom. The van der Waals surface area contributed by atoms with E-state index < -0.39 is 0 Å². The lowest BCUT2D eigenvalue weighted by atomic mass is 10.3. The number of nitrogens with one attached hydrogen (secondary N) is 1. The lowest BCUT2D eigenvalue weighted by Gasteiger charge is -2.15. The fourth-order valence-corrected chi connectivity index (χ4v) is 3.44. The molecule has 124 valence electrons. The Balaban J connectivity index is 1.82. The molecule has 23 heavy (non-hydrogen) atoms. The van der Waals surface area contributed by atoms with E-state index in [0.717, 1.165) is 29.4 Å². The second kappa shape index (κ2) is 8.83. The van der Waals surface area contributed by atoms with Gasteiger partial charge in [0.25, 0.3) is 0 Å². The highest BCUT2D eigenvalue weighted by atomic mass is 32.2. The zero-order chi connectivity index (χ0) is 16.7. The number of nitrogens with zero attached hydrogens (tertiary/aromatic N) is 3. The molecule has 0 aliphatic carbocycles. The maximum absolute atomic E-state index is 12.9. The molecule has 0 bridgehead atoms. The monoisotopic (exact) mass is 354 g/mol. The minimum Gasteiger partial charge on any atom is -0.345 e. The molecule has 1 N–H and O–H groups in total. The number of carbonyl (C=O) groups excluding carboxylic acids is 1. The van der Waals surface area contributed by atoms with Crippen LogP contribution in [-0.2, 0) is 4.79 Å². The number of carbonyl (C=O) groups is 1. The molecule has 8 heteroatoms. The van der Waals surface area contributed by atoms with Crippen LogP contribution in [0.15, 0.2) is 28.6 Å². The third-order valence-electron chi connectivity index (χ3n) is 3.09. The number of aromatic nitrogens is 2. The average molecular weight is 354 g/mol. The Labute approximate surface area is 143 Å². The standard InChI is InChI=1S/C15H19FN4OS2/c1-3-4-9-20(2)13(21)10-22-15-19-18-14(23-15)17-12-7-5-11(16)6-8-12/h5-8H,3-4,9-10H2,1-2H3,(H,17,18). The molecule has 0 spiro atoms. The molecule has 0 saturated heterocycles. The molecule has 0 atom stereocenters. The van der Waals surface area contributed by atoms with Crippen molar-refractivity contribution in [3.8, 4) is 0 Å². The summed E-state index contributed by atoms with van der Waals surface area (Å²) in [5.41, 5.74) is 0.745. The SMILES string of the molecule is CCCCN(C)C(=O)CSc1nnc(Nc2ccc(F)cc2)s1. The van der Waals surface area contributed by atoms with Gasteiger partial charge in [-0.3, -0.25) is 4.79 Å². The fraction of sp³-hybridized carbons (Fsp3) is 0.400. The third kappa shape index (κ3) is 5.80. The molecule has 0 radical (unpaired) electrons. The van der Waals surface area contributed by atoms with Gasteiger partial charge in [0.1, 0.15) is 5.82 Å². The molecular formula is C15H19FN4OS2. The molecule has 1 amide bonds. The van der Waals surface area contributed by atoms with Crippen LogP contribution in [0.1, 0.15) is 19.8 Å². The average Bonchev–Trinajstić information content (AvgIpc) is 3.00. The molecule has 2 rings (SSSR count). The summed E-state index contributed by atoms with van der Waals surface area (Å²) in [5.74, 6) is 0.159. The molecule has 0 saturated carbocycles. The summed E-state index contributed by atoms with van der Waals surface area (Å²) >= 11 is 2.75. The Kier molecular flexibility index (Phi) is 6.79. The Morgan fingerprint density at radius 2 is 2.09 bits per heavy atom. The van der Waals surface area contributed by atoms with E-state index in [1.54, 1.807) is 17.0 Å². The van der Waals surface area contributed by atoms with Crippen molar-refractivity contribution in [1.29, 1.82) is 0 Å². The van der Waals surface area contributed by atoms with Gasteiger partial charge in [0, 0.05) is 19.3 Å². The number of thioether (sulfide) groups is 1. The summed E-state index contributed by atoms with van der Waals surface area (Å²) < 4.78 is 13.6. The Bertz CT molecular complexity index is 633. The van der Waals surface area contributed by atoms with E-state index in [9.17, 15) is 9.18 Å². The van der Waals surface area contributed by atoms with Gasteiger partial charge in [-0.2, -0.15) is 0 Å². The third-order valence-corrected chi connectivity index (χ3v) is 5.05. The smallest absolute Gasteiger partial charge is 0.232 e. The summed E-state index contributed by atoms with van der Waals surface area (Å²) in [5, 5.41) is 11.7. The zero-order valence-corrected chi connectivity index (χ0v) is 14.7. The molecule has 0 fully saturated rings. The number of anilines is 2. The van der Waals surface area contributed by atoms with Crippen molar-refractivity contribution in [2.45, 2.75) is 24.1 Å². The van der Waals surface area contributed by atoms with Gasteiger partial charge in [0.15, 0.2) is 4.34 Å². The summed E-state index contributed by atoms with van der Waals surface area (Å²) in [6, 6.07) is 6.03. The minimum absolute atomic E-state index is 0.0895. The molecule has 0 aliphatic rings. The normalized spacial score (nSPS) is 10.6. The molecule has 0 unspecified atom stereocenters. The Morgan fingerprint density at radius 1 is 1.35 bits per heavy atom. The molecule has 0 aliphatic heterocycles. The second-order valence-corrected chi connectivity index (χ2v) is 7.16. The van der Waals surface area contributed by atoms with E-state index >= 15 is 0 Å². The summed E-state index contributed by atoms with van der Waals surface area (Å²) in [7, 11) is 1.82. The quantitative estimate of drug-likeness (QED) is 0.731. The number of hydrogen-bond acceptors (Lipinski definition) is 6. The van der Waals surface area contributed by atoms with Crippen molar-refractivity contribution in [1.82, 2.24) is 15.1 Å².